The maximum Gasteiger partial charge on any atom is 0.0692 e. The largest absolute Gasteiger partial charge is 0.314 e. The summed E-state index contributed by atoms with van der Waals surface area (Å²) in [5, 5.41) is 19.5. The minimum atomic E-state index is 0.179. The second kappa shape index (κ2) is 6.23. The van der Waals surface area contributed by atoms with Crippen LogP contribution in [0.4, 0.5) is 0 Å². The van der Waals surface area contributed by atoms with Crippen LogP contribution in [0, 0.1) is 16.7 Å². The van der Waals surface area contributed by atoms with Crippen LogP contribution in [0.3, 0.4) is 0 Å². The molecule has 1 aromatic rings. The Kier molecular flexibility index (Phi) is 4.93. The molecule has 16 heavy (non-hydrogen) atoms. The van der Waals surface area contributed by atoms with Crippen molar-refractivity contribution >= 4 is 0 Å². The maximum atomic E-state index is 8.54. The van der Waals surface area contributed by atoms with E-state index in [0.29, 0.717) is 6.42 Å². The highest BCUT2D eigenvalue weighted by Crippen LogP contribution is 2.20. The van der Waals surface area contributed by atoms with Crippen molar-refractivity contribution in [3.05, 3.63) is 12.4 Å². The summed E-state index contributed by atoms with van der Waals surface area (Å²) in [6.07, 6.45) is 5.08. The van der Waals surface area contributed by atoms with Gasteiger partial charge in [0.25, 0.3) is 0 Å². The normalized spacial score (nSPS) is 11.3. The van der Waals surface area contributed by atoms with Crippen LogP contribution in [0.2, 0.25) is 0 Å². The zero-order chi connectivity index (χ0) is 11.9. The first-order chi connectivity index (χ1) is 7.64. The molecule has 0 spiro atoms. The fraction of sp³-hybridized carbons (Fsp3) is 0.727. The number of hydrogen-bond donors (Lipinski definition) is 1. The summed E-state index contributed by atoms with van der Waals surface area (Å²) in [6.45, 7) is 6.97. The van der Waals surface area contributed by atoms with Gasteiger partial charge in [-0.3, -0.25) is 4.68 Å². The van der Waals surface area contributed by atoms with E-state index in [-0.39, 0.29) is 5.41 Å². The summed E-state index contributed by atoms with van der Waals surface area (Å²) in [5.74, 6) is 0. The summed E-state index contributed by atoms with van der Waals surface area (Å²) in [4.78, 5) is 0. The molecule has 0 fully saturated rings. The number of rotatable bonds is 7. The average Bonchev–Trinajstić information content (AvgIpc) is 2.75. The molecule has 1 aromatic heterocycles. The molecule has 0 atom stereocenters. The Morgan fingerprint density at radius 3 is 2.94 bits per heavy atom. The molecule has 0 radical (unpaired) electrons. The molecule has 0 unspecified atom stereocenters. The van der Waals surface area contributed by atoms with Crippen LogP contribution in [-0.2, 0) is 6.54 Å². The maximum absolute atomic E-state index is 8.54. The van der Waals surface area contributed by atoms with Gasteiger partial charge in [-0.1, -0.05) is 19.1 Å². The molecule has 0 aliphatic heterocycles. The van der Waals surface area contributed by atoms with Crippen molar-refractivity contribution in [2.75, 3.05) is 13.1 Å². The van der Waals surface area contributed by atoms with Gasteiger partial charge in [0.2, 0.25) is 0 Å². The van der Waals surface area contributed by atoms with E-state index in [9.17, 15) is 0 Å². The van der Waals surface area contributed by atoms with Crippen molar-refractivity contribution in [3.8, 4) is 6.07 Å². The number of aromatic nitrogens is 3. The Morgan fingerprint density at radius 2 is 2.31 bits per heavy atom. The van der Waals surface area contributed by atoms with E-state index in [1.54, 1.807) is 10.9 Å². The molecule has 0 saturated heterocycles. The highest BCUT2D eigenvalue weighted by molar-refractivity contribution is 4.78. The zero-order valence-corrected chi connectivity index (χ0v) is 9.98. The molecule has 0 aromatic carbocycles. The lowest BCUT2D eigenvalue weighted by molar-refractivity contribution is 0.315. The summed E-state index contributed by atoms with van der Waals surface area (Å²) < 4.78 is 1.80. The Labute approximate surface area is 96.5 Å². The van der Waals surface area contributed by atoms with Gasteiger partial charge in [0, 0.05) is 25.7 Å². The van der Waals surface area contributed by atoms with Gasteiger partial charge in [-0.25, -0.2) is 0 Å². The first kappa shape index (κ1) is 12.7. The molecule has 0 saturated carbocycles. The van der Waals surface area contributed by atoms with Gasteiger partial charge in [-0.2, -0.15) is 5.26 Å². The highest BCUT2D eigenvalue weighted by atomic mass is 15.4. The standard InChI is InChI=1S/C11H19N5/c1-11(2,4-3-5-12)10-13-6-8-16-9-7-14-15-16/h7,9,13H,3-4,6,8,10H2,1-2H3. The van der Waals surface area contributed by atoms with Gasteiger partial charge in [-0.15, -0.1) is 5.10 Å². The predicted molar refractivity (Wildman–Crippen MR) is 61.5 cm³/mol. The van der Waals surface area contributed by atoms with Gasteiger partial charge >= 0.3 is 0 Å². The van der Waals surface area contributed by atoms with Crippen LogP contribution < -0.4 is 5.32 Å². The molecular formula is C11H19N5. The number of hydrogen-bond acceptors (Lipinski definition) is 4. The van der Waals surface area contributed by atoms with Gasteiger partial charge in [0.1, 0.15) is 0 Å². The number of nitriles is 1. The van der Waals surface area contributed by atoms with Crippen molar-refractivity contribution in [2.45, 2.75) is 33.2 Å². The van der Waals surface area contributed by atoms with Crippen molar-refractivity contribution in [1.29, 1.82) is 5.26 Å². The van der Waals surface area contributed by atoms with Crippen LogP contribution in [0.25, 0.3) is 0 Å². The van der Waals surface area contributed by atoms with E-state index >= 15 is 0 Å². The lowest BCUT2D eigenvalue weighted by atomic mass is 9.88. The zero-order valence-electron chi connectivity index (χ0n) is 9.98. The fourth-order valence-electron chi connectivity index (χ4n) is 1.46. The number of nitrogens with zero attached hydrogens (tertiary/aromatic N) is 4. The summed E-state index contributed by atoms with van der Waals surface area (Å²) in [7, 11) is 0. The van der Waals surface area contributed by atoms with E-state index in [0.717, 1.165) is 26.1 Å². The molecule has 1 N–H and O–H groups in total. The van der Waals surface area contributed by atoms with Crippen molar-refractivity contribution < 1.29 is 0 Å². The molecular weight excluding hydrogens is 202 g/mol. The highest BCUT2D eigenvalue weighted by Gasteiger charge is 2.16. The van der Waals surface area contributed by atoms with Crippen molar-refractivity contribution in [1.82, 2.24) is 20.3 Å². The third-order valence-corrected chi connectivity index (χ3v) is 2.51. The molecule has 5 nitrogen and oxygen atoms in total. The second-order valence-electron chi connectivity index (χ2n) is 4.67. The van der Waals surface area contributed by atoms with E-state index in [1.807, 2.05) is 6.20 Å². The first-order valence-electron chi connectivity index (χ1n) is 5.56. The van der Waals surface area contributed by atoms with Crippen LogP contribution in [0.15, 0.2) is 12.4 Å². The topological polar surface area (TPSA) is 66.5 Å². The number of nitrogens with one attached hydrogen (secondary N) is 1. The van der Waals surface area contributed by atoms with Crippen molar-refractivity contribution in [2.24, 2.45) is 5.41 Å². The molecule has 88 valence electrons. The lowest BCUT2D eigenvalue weighted by Gasteiger charge is -2.23. The second-order valence-corrected chi connectivity index (χ2v) is 4.67. The molecule has 0 bridgehead atoms. The molecule has 0 aliphatic carbocycles. The summed E-state index contributed by atoms with van der Waals surface area (Å²) in [5.41, 5.74) is 0.179. The van der Waals surface area contributed by atoms with E-state index in [4.69, 9.17) is 5.26 Å². The minimum absolute atomic E-state index is 0.179. The molecule has 0 aliphatic rings. The first-order valence-corrected chi connectivity index (χ1v) is 5.56. The Bertz CT molecular complexity index is 323. The quantitative estimate of drug-likeness (QED) is 0.702. The monoisotopic (exact) mass is 221 g/mol. The third kappa shape index (κ3) is 4.89. The Hall–Kier alpha value is -1.41. The molecule has 5 heteroatoms. The predicted octanol–water partition coefficient (Wildman–Crippen LogP) is 1.20. The summed E-state index contributed by atoms with van der Waals surface area (Å²) in [6, 6.07) is 2.19. The Balaban J connectivity index is 2.12. The molecule has 1 heterocycles. The Morgan fingerprint density at radius 1 is 1.50 bits per heavy atom. The summed E-state index contributed by atoms with van der Waals surface area (Å²) >= 11 is 0. The van der Waals surface area contributed by atoms with Crippen molar-refractivity contribution in [3.63, 3.8) is 0 Å². The van der Waals surface area contributed by atoms with Gasteiger partial charge in [-0.05, 0) is 11.8 Å². The SMILES string of the molecule is CC(C)(CCC#N)CNCCn1ccnn1. The van der Waals surface area contributed by atoms with E-state index in [2.05, 4.69) is 35.5 Å². The average molecular weight is 221 g/mol. The van der Waals surface area contributed by atoms with Crippen LogP contribution in [0.5, 0.6) is 0 Å². The lowest BCUT2D eigenvalue weighted by Crippen LogP contribution is -2.31. The van der Waals surface area contributed by atoms with Crippen LogP contribution in [-0.4, -0.2) is 28.1 Å². The molecule has 0 amide bonds. The third-order valence-electron chi connectivity index (χ3n) is 2.51. The van der Waals surface area contributed by atoms with Crippen LogP contribution in [0.1, 0.15) is 26.7 Å². The van der Waals surface area contributed by atoms with Gasteiger partial charge in [0.05, 0.1) is 18.8 Å². The van der Waals surface area contributed by atoms with E-state index < -0.39 is 0 Å². The van der Waals surface area contributed by atoms with Gasteiger partial charge < -0.3 is 5.32 Å². The van der Waals surface area contributed by atoms with Crippen LogP contribution >= 0.6 is 0 Å². The minimum Gasteiger partial charge on any atom is -0.314 e. The fourth-order valence-corrected chi connectivity index (χ4v) is 1.46. The molecule has 1 rings (SSSR count). The van der Waals surface area contributed by atoms with E-state index in [1.165, 1.54) is 0 Å². The smallest absolute Gasteiger partial charge is 0.0692 e. The van der Waals surface area contributed by atoms with Gasteiger partial charge in [0.15, 0.2) is 0 Å².